The van der Waals surface area contributed by atoms with Gasteiger partial charge < -0.3 is 18.6 Å². The molecule has 1 aliphatic heterocycles. The summed E-state index contributed by atoms with van der Waals surface area (Å²) in [6.45, 7) is 3.32. The van der Waals surface area contributed by atoms with Crippen LogP contribution in [0.5, 0.6) is 11.5 Å². The van der Waals surface area contributed by atoms with Crippen LogP contribution in [-0.2, 0) is 9.53 Å². The van der Waals surface area contributed by atoms with Crippen LogP contribution in [-0.4, -0.2) is 24.5 Å². The topological polar surface area (TPSA) is 75.0 Å². The highest BCUT2D eigenvalue weighted by Crippen LogP contribution is 2.34. The van der Waals surface area contributed by atoms with Crippen molar-refractivity contribution >= 4 is 17.8 Å². The molecule has 24 heavy (non-hydrogen) atoms. The van der Waals surface area contributed by atoms with Crippen LogP contribution in [0.3, 0.4) is 0 Å². The number of ether oxygens (including phenoxy) is 3. The van der Waals surface area contributed by atoms with Crippen LogP contribution in [0.15, 0.2) is 46.8 Å². The number of ketones is 1. The third-order valence-corrected chi connectivity index (χ3v) is 3.18. The lowest BCUT2D eigenvalue weighted by Gasteiger charge is -2.09. The van der Waals surface area contributed by atoms with Gasteiger partial charge >= 0.3 is 5.97 Å². The van der Waals surface area contributed by atoms with Crippen molar-refractivity contribution in [2.75, 3.05) is 6.61 Å². The van der Waals surface area contributed by atoms with Gasteiger partial charge in [0.15, 0.2) is 12.4 Å². The van der Waals surface area contributed by atoms with E-state index < -0.39 is 5.97 Å². The zero-order valence-electron chi connectivity index (χ0n) is 13.3. The summed E-state index contributed by atoms with van der Waals surface area (Å²) in [5, 5.41) is 0. The van der Waals surface area contributed by atoms with Crippen LogP contribution in [0.25, 0.3) is 6.08 Å². The van der Waals surface area contributed by atoms with E-state index in [9.17, 15) is 9.59 Å². The maximum absolute atomic E-state index is 12.3. The van der Waals surface area contributed by atoms with Gasteiger partial charge in [0, 0.05) is 12.1 Å². The van der Waals surface area contributed by atoms with Gasteiger partial charge in [-0.15, -0.1) is 0 Å². The number of carbonyl (C=O) groups is 2. The van der Waals surface area contributed by atoms with Gasteiger partial charge in [0.25, 0.3) is 0 Å². The molecule has 6 heteroatoms. The fourth-order valence-corrected chi connectivity index (χ4v) is 2.20. The van der Waals surface area contributed by atoms with Crippen LogP contribution in [0.4, 0.5) is 0 Å². The Morgan fingerprint density at radius 1 is 1.29 bits per heavy atom. The minimum absolute atomic E-state index is 0.177. The van der Waals surface area contributed by atoms with E-state index in [4.69, 9.17) is 18.6 Å². The molecule has 0 saturated carbocycles. The molecular formula is C18H16O6. The zero-order chi connectivity index (χ0) is 17.1. The first kappa shape index (κ1) is 15.9. The summed E-state index contributed by atoms with van der Waals surface area (Å²) in [5.41, 5.74) is 0.435. The summed E-state index contributed by atoms with van der Waals surface area (Å²) in [5.74, 6) is 0.817. The summed E-state index contributed by atoms with van der Waals surface area (Å²) < 4.78 is 21.1. The quantitative estimate of drug-likeness (QED) is 0.619. The van der Waals surface area contributed by atoms with Gasteiger partial charge in [-0.1, -0.05) is 0 Å². The predicted octanol–water partition coefficient (Wildman–Crippen LogP) is 3.23. The Morgan fingerprint density at radius 2 is 2.12 bits per heavy atom. The number of esters is 1. The third kappa shape index (κ3) is 3.48. The smallest absolute Gasteiger partial charge is 0.344 e. The van der Waals surface area contributed by atoms with Crippen molar-refractivity contribution in [3.63, 3.8) is 0 Å². The molecule has 6 nitrogen and oxygen atoms in total. The molecular weight excluding hydrogens is 312 g/mol. The number of benzene rings is 1. The highest BCUT2D eigenvalue weighted by molar-refractivity contribution is 6.14. The maximum Gasteiger partial charge on any atom is 0.344 e. The van der Waals surface area contributed by atoms with E-state index in [-0.39, 0.29) is 24.3 Å². The summed E-state index contributed by atoms with van der Waals surface area (Å²) in [4.78, 5) is 23.8. The Morgan fingerprint density at radius 3 is 2.83 bits per heavy atom. The van der Waals surface area contributed by atoms with Crippen molar-refractivity contribution in [2.24, 2.45) is 0 Å². The minimum atomic E-state index is -0.458. The van der Waals surface area contributed by atoms with Gasteiger partial charge in [-0.2, -0.15) is 0 Å². The Kier molecular flexibility index (Phi) is 4.37. The molecule has 0 fully saturated rings. The highest BCUT2D eigenvalue weighted by atomic mass is 16.6. The molecule has 0 bridgehead atoms. The molecule has 2 aromatic rings. The fraction of sp³-hybridized carbons (Fsp3) is 0.222. The number of hydrogen-bond acceptors (Lipinski definition) is 6. The first-order chi connectivity index (χ1) is 11.5. The molecule has 0 N–H and O–H groups in total. The molecule has 0 unspecified atom stereocenters. The van der Waals surface area contributed by atoms with Gasteiger partial charge in [0.1, 0.15) is 17.3 Å². The van der Waals surface area contributed by atoms with Gasteiger partial charge in [-0.05, 0) is 38.1 Å². The fourth-order valence-electron chi connectivity index (χ4n) is 2.20. The molecule has 1 aromatic carbocycles. The average molecular weight is 328 g/mol. The van der Waals surface area contributed by atoms with Crippen LogP contribution in [0.2, 0.25) is 0 Å². The lowest BCUT2D eigenvalue weighted by molar-refractivity contribution is -0.149. The van der Waals surface area contributed by atoms with E-state index >= 15 is 0 Å². The maximum atomic E-state index is 12.3. The third-order valence-electron chi connectivity index (χ3n) is 3.18. The van der Waals surface area contributed by atoms with Crippen LogP contribution in [0, 0.1) is 0 Å². The number of allylic oxidation sites excluding steroid dienone is 1. The average Bonchev–Trinajstić information content (AvgIpc) is 3.14. The first-order valence-corrected chi connectivity index (χ1v) is 7.47. The van der Waals surface area contributed by atoms with Crippen molar-refractivity contribution in [1.82, 2.24) is 0 Å². The molecule has 0 spiro atoms. The molecule has 0 atom stereocenters. The Bertz CT molecular complexity index is 786. The second kappa shape index (κ2) is 6.62. The molecule has 2 heterocycles. The Hall–Kier alpha value is -3.02. The number of fused-ring (bicyclic) bond motifs is 1. The van der Waals surface area contributed by atoms with Crippen LogP contribution >= 0.6 is 0 Å². The van der Waals surface area contributed by atoms with E-state index in [0.717, 1.165) is 0 Å². The number of furan rings is 1. The lowest BCUT2D eigenvalue weighted by Crippen LogP contribution is -2.18. The zero-order valence-corrected chi connectivity index (χ0v) is 13.3. The van der Waals surface area contributed by atoms with Crippen LogP contribution < -0.4 is 9.47 Å². The minimum Gasteiger partial charge on any atom is -0.482 e. The molecule has 1 aliphatic rings. The summed E-state index contributed by atoms with van der Waals surface area (Å²) in [6.07, 6.45) is 2.85. The summed E-state index contributed by atoms with van der Waals surface area (Å²) in [7, 11) is 0. The number of Topliss-reactive ketones (excluding diaryl/α,β-unsaturated/α-hetero) is 1. The predicted molar refractivity (Wildman–Crippen MR) is 84.8 cm³/mol. The second-order valence-electron chi connectivity index (χ2n) is 5.44. The number of rotatable bonds is 5. The summed E-state index contributed by atoms with van der Waals surface area (Å²) in [6, 6.07) is 8.23. The van der Waals surface area contributed by atoms with Gasteiger partial charge in [-0.3, -0.25) is 4.79 Å². The van der Waals surface area contributed by atoms with Crippen molar-refractivity contribution in [1.29, 1.82) is 0 Å². The largest absolute Gasteiger partial charge is 0.482 e. The SMILES string of the molecule is CC(C)OC(=O)COc1ccc2c(c1)OC(=Cc1ccco1)C2=O. The normalized spacial score (nSPS) is 14.6. The summed E-state index contributed by atoms with van der Waals surface area (Å²) >= 11 is 0. The number of carbonyl (C=O) groups excluding carboxylic acids is 2. The molecule has 3 rings (SSSR count). The standard InChI is InChI=1S/C18H16O6/c1-11(2)23-17(19)10-22-13-5-6-14-15(8-13)24-16(18(14)20)9-12-4-3-7-21-12/h3-9,11H,10H2,1-2H3. The van der Waals surface area contributed by atoms with Gasteiger partial charge in [0.05, 0.1) is 17.9 Å². The number of hydrogen-bond donors (Lipinski definition) is 0. The van der Waals surface area contributed by atoms with Gasteiger partial charge in [-0.25, -0.2) is 4.79 Å². The van der Waals surface area contributed by atoms with Crippen molar-refractivity contribution in [3.8, 4) is 11.5 Å². The van der Waals surface area contributed by atoms with Crippen molar-refractivity contribution in [2.45, 2.75) is 20.0 Å². The van der Waals surface area contributed by atoms with E-state index in [2.05, 4.69) is 0 Å². The molecule has 124 valence electrons. The Labute approximate surface area is 138 Å². The molecule has 0 amide bonds. The molecule has 0 aliphatic carbocycles. The van der Waals surface area contributed by atoms with E-state index in [1.165, 1.54) is 12.3 Å². The van der Waals surface area contributed by atoms with Gasteiger partial charge in [0.2, 0.25) is 5.78 Å². The van der Waals surface area contributed by atoms with E-state index in [1.54, 1.807) is 44.2 Å². The molecule has 0 radical (unpaired) electrons. The second-order valence-corrected chi connectivity index (χ2v) is 5.44. The molecule has 0 saturated heterocycles. The monoisotopic (exact) mass is 328 g/mol. The van der Waals surface area contributed by atoms with Crippen LogP contribution in [0.1, 0.15) is 30.0 Å². The highest BCUT2D eigenvalue weighted by Gasteiger charge is 2.28. The van der Waals surface area contributed by atoms with Crippen molar-refractivity contribution in [3.05, 3.63) is 53.7 Å². The molecule has 1 aromatic heterocycles. The first-order valence-electron chi connectivity index (χ1n) is 7.47. The van der Waals surface area contributed by atoms with E-state index in [1.807, 2.05) is 0 Å². The van der Waals surface area contributed by atoms with E-state index in [0.29, 0.717) is 22.8 Å². The Balaban J connectivity index is 1.70. The van der Waals surface area contributed by atoms with Crippen molar-refractivity contribution < 1.29 is 28.2 Å². The lowest BCUT2D eigenvalue weighted by atomic mass is 10.1.